The summed E-state index contributed by atoms with van der Waals surface area (Å²) in [5, 5.41) is 0. The summed E-state index contributed by atoms with van der Waals surface area (Å²) in [6.07, 6.45) is 8.08. The maximum absolute atomic E-state index is 6.29. The minimum Gasteiger partial charge on any atom is -0.468 e. The van der Waals surface area contributed by atoms with E-state index in [1.54, 1.807) is 5.57 Å². The first kappa shape index (κ1) is 22.0. The first-order valence-electron chi connectivity index (χ1n) is 12.7. The van der Waals surface area contributed by atoms with Crippen LogP contribution in [0.3, 0.4) is 0 Å². The van der Waals surface area contributed by atoms with Crippen LogP contribution >= 0.6 is 10.0 Å². The van der Waals surface area contributed by atoms with Crippen LogP contribution in [0, 0.1) is 17.8 Å². The van der Waals surface area contributed by atoms with Gasteiger partial charge >= 0.3 is 0 Å². The van der Waals surface area contributed by atoms with E-state index in [-0.39, 0.29) is 6.10 Å². The van der Waals surface area contributed by atoms with Crippen LogP contribution < -0.4 is 4.74 Å². The second kappa shape index (κ2) is 9.28. The Hall–Kier alpha value is -2.49. The first-order chi connectivity index (χ1) is 16.8. The molecule has 3 heteroatoms. The van der Waals surface area contributed by atoms with Gasteiger partial charge in [-0.25, -0.2) is 0 Å². The summed E-state index contributed by atoms with van der Waals surface area (Å²) in [5.74, 6) is 4.37. The molecule has 34 heavy (non-hydrogen) atoms. The second-order valence-electron chi connectivity index (χ2n) is 10.0. The zero-order valence-electron chi connectivity index (χ0n) is 19.9. The monoisotopic (exact) mass is 470 g/mol. The topological polar surface area (TPSA) is 18.5 Å². The van der Waals surface area contributed by atoms with Crippen LogP contribution in [0.4, 0.5) is 0 Å². The molecule has 2 saturated carbocycles. The van der Waals surface area contributed by atoms with Gasteiger partial charge in [0.05, 0.1) is 6.10 Å². The molecule has 0 heterocycles. The van der Waals surface area contributed by atoms with E-state index in [1.165, 1.54) is 40.4 Å². The van der Waals surface area contributed by atoms with Gasteiger partial charge in [0.1, 0.15) is 5.75 Å². The largest absolute Gasteiger partial charge is 0.468 e. The number of ether oxygens (including phenoxy) is 2. The van der Waals surface area contributed by atoms with Crippen molar-refractivity contribution in [2.24, 2.45) is 17.8 Å². The summed E-state index contributed by atoms with van der Waals surface area (Å²) in [4.78, 5) is 4.17. The Bertz CT molecular complexity index is 1100. The van der Waals surface area contributed by atoms with Crippen LogP contribution in [0.15, 0.2) is 111 Å². The van der Waals surface area contributed by atoms with Gasteiger partial charge in [-0.3, -0.25) is 0 Å². The lowest BCUT2D eigenvalue weighted by Crippen LogP contribution is -2.43. The van der Waals surface area contributed by atoms with Gasteiger partial charge < -0.3 is 9.47 Å². The highest BCUT2D eigenvalue weighted by Crippen LogP contribution is 2.68. The van der Waals surface area contributed by atoms with E-state index in [0.717, 1.165) is 23.3 Å². The molecule has 0 aliphatic heterocycles. The highest BCUT2D eigenvalue weighted by Gasteiger charge is 2.44. The Morgan fingerprint density at radius 2 is 1.41 bits per heavy atom. The van der Waals surface area contributed by atoms with E-state index in [2.05, 4.69) is 97.9 Å². The minimum absolute atomic E-state index is 0.278. The molecule has 0 saturated heterocycles. The molecule has 3 aromatic rings. The van der Waals surface area contributed by atoms with Crippen LogP contribution in [-0.4, -0.2) is 18.6 Å². The van der Waals surface area contributed by atoms with Crippen molar-refractivity contribution < 1.29 is 9.47 Å². The van der Waals surface area contributed by atoms with Crippen LogP contribution in [-0.2, 0) is 4.74 Å². The average Bonchev–Trinajstić information content (AvgIpc) is 2.88. The fourth-order valence-corrected chi connectivity index (χ4v) is 10.4. The van der Waals surface area contributed by atoms with Gasteiger partial charge in [0.2, 0.25) is 0 Å². The van der Waals surface area contributed by atoms with E-state index in [0.29, 0.717) is 12.7 Å². The molecule has 4 bridgehead atoms. The van der Waals surface area contributed by atoms with Crippen molar-refractivity contribution in [1.29, 1.82) is 0 Å². The number of rotatable bonds is 8. The van der Waals surface area contributed by atoms with Crippen molar-refractivity contribution in [3.8, 4) is 5.75 Å². The van der Waals surface area contributed by atoms with Crippen LogP contribution in [0.5, 0.6) is 5.75 Å². The van der Waals surface area contributed by atoms with Gasteiger partial charge in [-0.1, -0.05) is 49.4 Å². The fraction of sp³-hybridized carbons (Fsp3) is 0.355. The lowest BCUT2D eigenvalue weighted by Gasteiger charge is -2.48. The summed E-state index contributed by atoms with van der Waals surface area (Å²) in [6, 6.07) is 30.7. The van der Waals surface area contributed by atoms with Gasteiger partial charge in [-0.15, -0.1) is 0 Å². The molecule has 4 atom stereocenters. The van der Waals surface area contributed by atoms with Gasteiger partial charge in [0, 0.05) is 0 Å². The van der Waals surface area contributed by atoms with Crippen LogP contribution in [0.2, 0.25) is 0 Å². The van der Waals surface area contributed by atoms with Gasteiger partial charge in [-0.05, 0) is 118 Å². The van der Waals surface area contributed by atoms with E-state index in [9.17, 15) is 0 Å². The molecule has 3 aromatic carbocycles. The normalized spacial score (nSPS) is 25.7. The maximum atomic E-state index is 6.29. The average molecular weight is 471 g/mol. The molecule has 0 spiro atoms. The summed E-state index contributed by atoms with van der Waals surface area (Å²) < 4.78 is 12.4. The second-order valence-corrected chi connectivity index (χ2v) is 13.5. The van der Waals surface area contributed by atoms with E-state index in [1.807, 2.05) is 0 Å². The summed E-state index contributed by atoms with van der Waals surface area (Å²) in [5.41, 5.74) is 1.55. The Morgan fingerprint density at radius 3 is 2.00 bits per heavy atom. The molecule has 0 radical (unpaired) electrons. The SMILES string of the molecule is CCS(c1ccccc1)(c1ccccc1)c1ccc(OCOC2C3=CC4CC(C3)CC2C4)cc1. The zero-order chi connectivity index (χ0) is 23.0. The fourth-order valence-electron chi connectivity index (χ4n) is 6.70. The predicted octanol–water partition coefficient (Wildman–Crippen LogP) is 8.09. The summed E-state index contributed by atoms with van der Waals surface area (Å²) >= 11 is 0. The number of hydrogen-bond donors (Lipinski definition) is 0. The van der Waals surface area contributed by atoms with Gasteiger partial charge in [0.25, 0.3) is 0 Å². The van der Waals surface area contributed by atoms with Gasteiger partial charge in [-0.2, -0.15) is 10.0 Å². The molecule has 0 aromatic heterocycles. The smallest absolute Gasteiger partial charge is 0.189 e. The summed E-state index contributed by atoms with van der Waals surface area (Å²) in [7, 11) is -1.33. The van der Waals surface area contributed by atoms with E-state index >= 15 is 0 Å². The van der Waals surface area contributed by atoms with Gasteiger partial charge in [0.15, 0.2) is 6.79 Å². The van der Waals surface area contributed by atoms with Crippen molar-refractivity contribution in [2.75, 3.05) is 12.5 Å². The highest BCUT2D eigenvalue weighted by molar-refractivity contribution is 8.33. The van der Waals surface area contributed by atoms with E-state index in [4.69, 9.17) is 9.47 Å². The third-order valence-corrected chi connectivity index (χ3v) is 12.2. The lowest BCUT2D eigenvalue weighted by atomic mass is 9.60. The Labute approximate surface area is 205 Å². The molecule has 4 unspecified atom stereocenters. The van der Waals surface area contributed by atoms with Crippen molar-refractivity contribution in [3.05, 3.63) is 96.6 Å². The number of benzene rings is 3. The molecule has 7 rings (SSSR count). The number of allylic oxidation sites excluding steroid dienone is 1. The lowest BCUT2D eigenvalue weighted by molar-refractivity contribution is -0.0765. The molecule has 0 amide bonds. The molecule has 2 fully saturated rings. The predicted molar refractivity (Wildman–Crippen MR) is 140 cm³/mol. The molecule has 0 N–H and O–H groups in total. The molecule has 176 valence electrons. The molecule has 4 aliphatic rings. The summed E-state index contributed by atoms with van der Waals surface area (Å²) in [6.45, 7) is 2.64. The minimum atomic E-state index is -1.33. The maximum Gasteiger partial charge on any atom is 0.189 e. The van der Waals surface area contributed by atoms with Crippen molar-refractivity contribution in [3.63, 3.8) is 0 Å². The van der Waals surface area contributed by atoms with Crippen LogP contribution in [0.1, 0.15) is 32.6 Å². The zero-order valence-corrected chi connectivity index (χ0v) is 20.8. The Kier molecular flexibility index (Phi) is 6.01. The highest BCUT2D eigenvalue weighted by atomic mass is 32.3. The Balaban J connectivity index is 1.20. The molecular weight excluding hydrogens is 436 g/mol. The standard InChI is InChI=1S/C31H34O2S/c1-2-34(28-9-5-3-6-10-28,29-11-7-4-8-12-29)30-15-13-27(14-16-30)32-22-33-31-25-18-23-17-24(20-25)21-26(31)19-23/h3-16,18,23-24,26,31H,2,17,19-22H2,1H3. The molecule has 2 nitrogen and oxygen atoms in total. The third-order valence-electron chi connectivity index (χ3n) is 8.07. The first-order valence-corrected chi connectivity index (χ1v) is 14.5. The van der Waals surface area contributed by atoms with Crippen LogP contribution in [0.25, 0.3) is 0 Å². The van der Waals surface area contributed by atoms with Crippen molar-refractivity contribution in [2.45, 2.75) is 53.4 Å². The quantitative estimate of drug-likeness (QED) is 0.245. The molecule has 4 aliphatic carbocycles. The van der Waals surface area contributed by atoms with Crippen molar-refractivity contribution in [1.82, 2.24) is 0 Å². The molecular formula is C31H34O2S. The third kappa shape index (κ3) is 3.89. The van der Waals surface area contributed by atoms with Crippen molar-refractivity contribution >= 4 is 10.0 Å². The Morgan fingerprint density at radius 1 is 0.765 bits per heavy atom. The van der Waals surface area contributed by atoms with E-state index < -0.39 is 10.0 Å². The number of hydrogen-bond acceptors (Lipinski definition) is 2.